The lowest BCUT2D eigenvalue weighted by Crippen LogP contribution is -2.55. The Balaban J connectivity index is 2.81. The lowest BCUT2D eigenvalue weighted by Gasteiger charge is -2.35. The monoisotopic (exact) mass is 308 g/mol. The molecule has 0 saturated heterocycles. The molecule has 0 saturated carbocycles. The molecule has 0 radical (unpaired) electrons. The minimum atomic E-state index is -0.549. The molecule has 0 spiro atoms. The second-order valence-electron chi connectivity index (χ2n) is 6.31. The fraction of sp³-hybridized carbons (Fsp3) is 0.529. The Labute approximate surface area is 131 Å². The maximum absolute atomic E-state index is 13.2. The summed E-state index contributed by atoms with van der Waals surface area (Å²) in [5.74, 6) is -1.10. The molecular weight excluding hydrogens is 283 g/mol. The van der Waals surface area contributed by atoms with Gasteiger partial charge in [0.15, 0.2) is 0 Å². The summed E-state index contributed by atoms with van der Waals surface area (Å²) >= 11 is 0. The van der Waals surface area contributed by atoms with E-state index in [-0.39, 0.29) is 11.5 Å². The maximum Gasteiger partial charge on any atom is 0.269 e. The Morgan fingerprint density at radius 3 is 2.45 bits per heavy atom. The first-order valence-corrected chi connectivity index (χ1v) is 7.65. The van der Waals surface area contributed by atoms with Gasteiger partial charge in [0.1, 0.15) is 5.82 Å². The van der Waals surface area contributed by atoms with Crippen LogP contribution < -0.4 is 5.43 Å². The zero-order chi connectivity index (χ0) is 16.8. The molecular formula is C17H25FN2O2. The largest absolute Gasteiger partial charge is 0.273 e. The highest BCUT2D eigenvalue weighted by atomic mass is 19.1. The summed E-state index contributed by atoms with van der Waals surface area (Å²) in [4.78, 5) is 24.6. The van der Waals surface area contributed by atoms with Gasteiger partial charge in [0.2, 0.25) is 5.91 Å². The Morgan fingerprint density at radius 1 is 1.23 bits per heavy atom. The molecule has 0 unspecified atom stereocenters. The van der Waals surface area contributed by atoms with Crippen molar-refractivity contribution < 1.29 is 14.0 Å². The quantitative estimate of drug-likeness (QED) is 0.666. The predicted octanol–water partition coefficient (Wildman–Crippen LogP) is 3.68. The van der Waals surface area contributed by atoms with Crippen molar-refractivity contribution >= 4 is 11.8 Å². The molecule has 0 aliphatic heterocycles. The molecule has 4 nitrogen and oxygen atoms in total. The summed E-state index contributed by atoms with van der Waals surface area (Å²) in [6, 6.07) is 5.40. The summed E-state index contributed by atoms with van der Waals surface area (Å²) in [5.41, 5.74) is 2.25. The van der Waals surface area contributed by atoms with Crippen LogP contribution in [-0.2, 0) is 4.79 Å². The zero-order valence-corrected chi connectivity index (χ0v) is 13.8. The van der Waals surface area contributed by atoms with Gasteiger partial charge < -0.3 is 0 Å². The van der Waals surface area contributed by atoms with Crippen molar-refractivity contribution in [3.63, 3.8) is 0 Å². The topological polar surface area (TPSA) is 49.4 Å². The number of rotatable bonds is 5. The molecule has 122 valence electrons. The van der Waals surface area contributed by atoms with Crippen LogP contribution in [0.4, 0.5) is 4.39 Å². The van der Waals surface area contributed by atoms with Gasteiger partial charge in [0.25, 0.3) is 5.91 Å². The van der Waals surface area contributed by atoms with E-state index in [0.717, 1.165) is 25.3 Å². The molecule has 0 heterocycles. The number of nitrogens with zero attached hydrogens (tertiary/aromatic N) is 1. The SMILES string of the molecule is CCCCCC(=O)N(NC(=O)c1cccc(F)c1)C(C)(C)C. The molecule has 22 heavy (non-hydrogen) atoms. The third kappa shape index (κ3) is 5.47. The Hall–Kier alpha value is -1.91. The number of unbranched alkanes of at least 4 members (excludes halogenated alkanes) is 2. The second-order valence-corrected chi connectivity index (χ2v) is 6.31. The van der Waals surface area contributed by atoms with Crippen LogP contribution in [0.2, 0.25) is 0 Å². The van der Waals surface area contributed by atoms with Crippen molar-refractivity contribution in [2.75, 3.05) is 0 Å². The van der Waals surface area contributed by atoms with Crippen molar-refractivity contribution in [2.24, 2.45) is 0 Å². The van der Waals surface area contributed by atoms with Crippen molar-refractivity contribution in [3.05, 3.63) is 35.6 Å². The van der Waals surface area contributed by atoms with Gasteiger partial charge in [-0.25, -0.2) is 9.40 Å². The fourth-order valence-corrected chi connectivity index (χ4v) is 2.04. The van der Waals surface area contributed by atoms with E-state index in [0.29, 0.717) is 6.42 Å². The van der Waals surface area contributed by atoms with Gasteiger partial charge in [-0.1, -0.05) is 25.8 Å². The van der Waals surface area contributed by atoms with Crippen molar-refractivity contribution in [1.82, 2.24) is 10.4 Å². The molecule has 5 heteroatoms. The number of hydrogen-bond donors (Lipinski definition) is 1. The van der Waals surface area contributed by atoms with Crippen LogP contribution in [0, 0.1) is 5.82 Å². The highest BCUT2D eigenvalue weighted by molar-refractivity contribution is 5.95. The van der Waals surface area contributed by atoms with E-state index >= 15 is 0 Å². The number of hydrogen-bond acceptors (Lipinski definition) is 2. The molecule has 0 aliphatic carbocycles. The van der Waals surface area contributed by atoms with Crippen LogP contribution in [0.3, 0.4) is 0 Å². The molecule has 1 N–H and O–H groups in total. The van der Waals surface area contributed by atoms with Gasteiger partial charge >= 0.3 is 0 Å². The van der Waals surface area contributed by atoms with Gasteiger partial charge in [0.05, 0.1) is 5.54 Å². The van der Waals surface area contributed by atoms with Crippen LogP contribution in [0.15, 0.2) is 24.3 Å². The molecule has 0 fully saturated rings. The summed E-state index contributed by atoms with van der Waals surface area (Å²) in [5, 5.41) is 1.34. The first-order chi connectivity index (χ1) is 10.3. The van der Waals surface area contributed by atoms with Crippen molar-refractivity contribution in [3.8, 4) is 0 Å². The third-order valence-corrected chi connectivity index (χ3v) is 3.21. The molecule has 2 amide bonds. The lowest BCUT2D eigenvalue weighted by atomic mass is 10.1. The molecule has 0 aliphatic rings. The summed E-state index contributed by atoms with van der Waals surface area (Å²) < 4.78 is 13.2. The maximum atomic E-state index is 13.2. The zero-order valence-electron chi connectivity index (χ0n) is 13.8. The van der Waals surface area contributed by atoms with Gasteiger partial charge in [-0.2, -0.15) is 0 Å². The van der Waals surface area contributed by atoms with E-state index in [1.807, 2.05) is 20.8 Å². The first-order valence-electron chi connectivity index (χ1n) is 7.65. The van der Waals surface area contributed by atoms with Crippen molar-refractivity contribution in [1.29, 1.82) is 0 Å². The van der Waals surface area contributed by atoms with Crippen LogP contribution in [0.25, 0.3) is 0 Å². The molecule has 0 aromatic heterocycles. The van der Waals surface area contributed by atoms with Crippen LogP contribution in [0.1, 0.15) is 63.7 Å². The van der Waals surface area contributed by atoms with Crippen LogP contribution >= 0.6 is 0 Å². The van der Waals surface area contributed by atoms with E-state index in [4.69, 9.17) is 0 Å². The van der Waals surface area contributed by atoms with Gasteiger partial charge in [0, 0.05) is 12.0 Å². The van der Waals surface area contributed by atoms with Gasteiger partial charge in [-0.05, 0) is 45.4 Å². The Morgan fingerprint density at radius 2 is 1.91 bits per heavy atom. The highest BCUT2D eigenvalue weighted by Crippen LogP contribution is 2.15. The summed E-state index contributed by atoms with van der Waals surface area (Å²) in [7, 11) is 0. The van der Waals surface area contributed by atoms with Crippen LogP contribution in [0.5, 0.6) is 0 Å². The minimum Gasteiger partial charge on any atom is -0.273 e. The number of hydrazine groups is 1. The smallest absolute Gasteiger partial charge is 0.269 e. The average molecular weight is 308 g/mol. The van der Waals surface area contributed by atoms with E-state index in [9.17, 15) is 14.0 Å². The number of benzene rings is 1. The fourth-order valence-electron chi connectivity index (χ4n) is 2.04. The Kier molecular flexibility index (Phi) is 6.53. The standard InChI is InChI=1S/C17H25FN2O2/c1-5-6-7-11-15(21)20(17(2,3)4)19-16(22)13-9-8-10-14(18)12-13/h8-10,12H,5-7,11H2,1-4H3,(H,19,22). The van der Waals surface area contributed by atoms with Gasteiger partial charge in [-0.3, -0.25) is 15.0 Å². The molecule has 0 bridgehead atoms. The first kappa shape index (κ1) is 18.1. The number of halogens is 1. The number of nitrogens with one attached hydrogen (secondary N) is 1. The number of carbonyl (C=O) groups excluding carboxylic acids is 2. The molecule has 0 atom stereocenters. The van der Waals surface area contributed by atoms with E-state index in [1.165, 1.54) is 23.2 Å². The van der Waals surface area contributed by atoms with E-state index in [1.54, 1.807) is 0 Å². The minimum absolute atomic E-state index is 0.134. The predicted molar refractivity (Wildman–Crippen MR) is 84.6 cm³/mol. The molecule has 1 rings (SSSR count). The number of carbonyl (C=O) groups is 2. The highest BCUT2D eigenvalue weighted by Gasteiger charge is 2.28. The molecule has 1 aromatic carbocycles. The molecule has 1 aromatic rings. The Bertz CT molecular complexity index is 524. The second kappa shape index (κ2) is 7.92. The van der Waals surface area contributed by atoms with Crippen LogP contribution in [-0.4, -0.2) is 22.4 Å². The van der Waals surface area contributed by atoms with Gasteiger partial charge in [-0.15, -0.1) is 0 Å². The lowest BCUT2D eigenvalue weighted by molar-refractivity contribution is -0.139. The normalized spacial score (nSPS) is 11.1. The van der Waals surface area contributed by atoms with E-state index < -0.39 is 17.3 Å². The number of amides is 2. The average Bonchev–Trinajstić information content (AvgIpc) is 2.43. The summed E-state index contributed by atoms with van der Waals surface area (Å²) in [6.07, 6.45) is 3.17. The van der Waals surface area contributed by atoms with Crippen molar-refractivity contribution in [2.45, 2.75) is 58.9 Å². The summed E-state index contributed by atoms with van der Waals surface area (Å²) in [6.45, 7) is 7.60. The van der Waals surface area contributed by atoms with E-state index in [2.05, 4.69) is 12.3 Å². The third-order valence-electron chi connectivity index (χ3n) is 3.21.